The molecule has 1 aliphatic heterocycles. The molecule has 1 saturated heterocycles. The molecule has 0 unspecified atom stereocenters. The molecule has 1 fully saturated rings. The maximum absolute atomic E-state index is 9.92. The van der Waals surface area contributed by atoms with Crippen LogP contribution in [0.3, 0.4) is 0 Å². The molecular formula is C11H25BO6. The molecular weight excluding hydrogens is 239 g/mol. The van der Waals surface area contributed by atoms with Crippen molar-refractivity contribution in [3.8, 4) is 0 Å². The molecule has 0 aromatic carbocycles. The van der Waals surface area contributed by atoms with Crippen LogP contribution in [0.15, 0.2) is 0 Å². The zero-order valence-corrected chi connectivity index (χ0v) is 11.6. The average Bonchev–Trinajstić information content (AvgIpc) is 2.15. The molecule has 0 aliphatic carbocycles. The van der Waals surface area contributed by atoms with Gasteiger partial charge in [-0.2, -0.15) is 0 Å². The number of hydrogen-bond donors (Lipinski definition) is 4. The molecule has 0 saturated carbocycles. The SMILES string of the molecule is CC(C)(O)C(C)(C)OC1CCOCC1.OB(O)O. The van der Waals surface area contributed by atoms with Crippen molar-refractivity contribution in [2.45, 2.75) is 57.8 Å². The quantitative estimate of drug-likeness (QED) is 0.521. The van der Waals surface area contributed by atoms with Crippen LogP contribution in [-0.2, 0) is 9.47 Å². The third-order valence-electron chi connectivity index (χ3n) is 3.10. The highest BCUT2D eigenvalue weighted by Gasteiger charge is 2.38. The van der Waals surface area contributed by atoms with Crippen LogP contribution >= 0.6 is 0 Å². The van der Waals surface area contributed by atoms with E-state index in [1.807, 2.05) is 13.8 Å². The summed E-state index contributed by atoms with van der Waals surface area (Å²) in [5.74, 6) is 0. The molecule has 0 atom stereocenters. The zero-order chi connectivity index (χ0) is 14.4. The predicted octanol–water partition coefficient (Wildman–Crippen LogP) is -0.320. The Hall–Kier alpha value is -0.175. The Kier molecular flexibility index (Phi) is 7.35. The van der Waals surface area contributed by atoms with Gasteiger partial charge in [0.15, 0.2) is 0 Å². The summed E-state index contributed by atoms with van der Waals surface area (Å²) in [5, 5.41) is 31.4. The zero-order valence-electron chi connectivity index (χ0n) is 11.6. The lowest BCUT2D eigenvalue weighted by molar-refractivity contribution is -0.188. The summed E-state index contributed by atoms with van der Waals surface area (Å²) >= 11 is 0. The fourth-order valence-electron chi connectivity index (χ4n) is 1.35. The van der Waals surface area contributed by atoms with Gasteiger partial charge < -0.3 is 29.7 Å². The van der Waals surface area contributed by atoms with E-state index in [1.54, 1.807) is 13.8 Å². The van der Waals surface area contributed by atoms with Gasteiger partial charge in [0.1, 0.15) is 0 Å². The summed E-state index contributed by atoms with van der Waals surface area (Å²) in [7, 11) is -2.17. The van der Waals surface area contributed by atoms with Crippen molar-refractivity contribution < 1.29 is 29.7 Å². The number of hydrogen-bond acceptors (Lipinski definition) is 6. The minimum atomic E-state index is -2.17. The van der Waals surface area contributed by atoms with Gasteiger partial charge in [0.05, 0.1) is 17.3 Å². The van der Waals surface area contributed by atoms with Crippen LogP contribution in [0.2, 0.25) is 0 Å². The Labute approximate surface area is 109 Å². The van der Waals surface area contributed by atoms with E-state index in [2.05, 4.69) is 0 Å². The normalized spacial score (nSPS) is 18.0. The Balaban J connectivity index is 0.000000631. The lowest BCUT2D eigenvalue weighted by atomic mass is 9.89. The largest absolute Gasteiger partial charge is 0.631 e. The second-order valence-corrected chi connectivity index (χ2v) is 5.35. The lowest BCUT2D eigenvalue weighted by Crippen LogP contribution is -2.50. The Morgan fingerprint density at radius 2 is 1.44 bits per heavy atom. The van der Waals surface area contributed by atoms with Gasteiger partial charge in [-0.1, -0.05) is 0 Å². The van der Waals surface area contributed by atoms with Crippen LogP contribution in [-0.4, -0.2) is 58.0 Å². The fourth-order valence-corrected chi connectivity index (χ4v) is 1.35. The minimum Gasteiger partial charge on any atom is -0.402 e. The van der Waals surface area contributed by atoms with E-state index in [1.165, 1.54) is 0 Å². The van der Waals surface area contributed by atoms with Gasteiger partial charge in [0.2, 0.25) is 0 Å². The molecule has 1 heterocycles. The predicted molar refractivity (Wildman–Crippen MR) is 67.7 cm³/mol. The first-order chi connectivity index (χ1) is 8.06. The molecule has 4 N–H and O–H groups in total. The van der Waals surface area contributed by atoms with E-state index in [4.69, 9.17) is 24.5 Å². The van der Waals surface area contributed by atoms with Gasteiger partial charge >= 0.3 is 7.32 Å². The van der Waals surface area contributed by atoms with Gasteiger partial charge in [-0.25, -0.2) is 0 Å². The summed E-state index contributed by atoms with van der Waals surface area (Å²) < 4.78 is 11.2. The summed E-state index contributed by atoms with van der Waals surface area (Å²) in [6, 6.07) is 0. The molecule has 108 valence electrons. The smallest absolute Gasteiger partial charge is 0.402 e. The first-order valence-corrected chi connectivity index (χ1v) is 6.08. The van der Waals surface area contributed by atoms with Gasteiger partial charge in [-0.05, 0) is 40.5 Å². The van der Waals surface area contributed by atoms with Crippen molar-refractivity contribution >= 4 is 7.32 Å². The monoisotopic (exact) mass is 264 g/mol. The Morgan fingerprint density at radius 1 is 1.06 bits per heavy atom. The second-order valence-electron chi connectivity index (χ2n) is 5.35. The van der Waals surface area contributed by atoms with Gasteiger partial charge in [-0.15, -0.1) is 0 Å². The van der Waals surface area contributed by atoms with E-state index in [0.717, 1.165) is 26.1 Å². The molecule has 1 aliphatic rings. The molecule has 0 aromatic heterocycles. The van der Waals surface area contributed by atoms with E-state index < -0.39 is 18.5 Å². The summed E-state index contributed by atoms with van der Waals surface area (Å²) in [4.78, 5) is 0. The van der Waals surface area contributed by atoms with Crippen molar-refractivity contribution in [1.29, 1.82) is 0 Å². The summed E-state index contributed by atoms with van der Waals surface area (Å²) in [6.45, 7) is 8.97. The molecule has 0 spiro atoms. The van der Waals surface area contributed by atoms with Crippen LogP contribution in [0.5, 0.6) is 0 Å². The van der Waals surface area contributed by atoms with Crippen LogP contribution < -0.4 is 0 Å². The van der Waals surface area contributed by atoms with Gasteiger partial charge in [-0.3, -0.25) is 0 Å². The lowest BCUT2D eigenvalue weighted by Gasteiger charge is -2.40. The second kappa shape index (κ2) is 7.42. The molecule has 18 heavy (non-hydrogen) atoms. The first kappa shape index (κ1) is 17.8. The fraction of sp³-hybridized carbons (Fsp3) is 1.00. The van der Waals surface area contributed by atoms with E-state index in [9.17, 15) is 5.11 Å². The average molecular weight is 264 g/mol. The topological polar surface area (TPSA) is 99.4 Å². The van der Waals surface area contributed by atoms with Crippen molar-refractivity contribution in [3.05, 3.63) is 0 Å². The van der Waals surface area contributed by atoms with Crippen molar-refractivity contribution in [3.63, 3.8) is 0 Å². The summed E-state index contributed by atoms with van der Waals surface area (Å²) in [5.41, 5.74) is -1.32. The third-order valence-corrected chi connectivity index (χ3v) is 3.10. The maximum atomic E-state index is 9.92. The number of rotatable bonds is 3. The highest BCUT2D eigenvalue weighted by atomic mass is 16.5. The first-order valence-electron chi connectivity index (χ1n) is 6.08. The van der Waals surface area contributed by atoms with Crippen molar-refractivity contribution in [2.75, 3.05) is 13.2 Å². The van der Waals surface area contributed by atoms with E-state index >= 15 is 0 Å². The maximum Gasteiger partial charge on any atom is 0.631 e. The molecule has 6 nitrogen and oxygen atoms in total. The Morgan fingerprint density at radius 3 is 1.78 bits per heavy atom. The highest BCUT2D eigenvalue weighted by Crippen LogP contribution is 2.28. The van der Waals surface area contributed by atoms with Gasteiger partial charge in [0.25, 0.3) is 0 Å². The standard InChI is InChI=1S/C11H22O3.BH3O3/c1-10(2,12)11(3,4)14-9-5-7-13-8-6-9;2-1(3)4/h9,12H,5-8H2,1-4H3;2-4H. The summed E-state index contributed by atoms with van der Waals surface area (Å²) in [6.07, 6.45) is 2.09. The van der Waals surface area contributed by atoms with E-state index in [-0.39, 0.29) is 6.10 Å². The molecule has 0 aromatic rings. The van der Waals surface area contributed by atoms with Crippen LogP contribution in [0, 0.1) is 0 Å². The van der Waals surface area contributed by atoms with Crippen molar-refractivity contribution in [2.24, 2.45) is 0 Å². The van der Waals surface area contributed by atoms with Gasteiger partial charge in [0, 0.05) is 13.2 Å². The minimum absolute atomic E-state index is 0.227. The Bertz CT molecular complexity index is 217. The third kappa shape index (κ3) is 7.30. The van der Waals surface area contributed by atoms with Crippen molar-refractivity contribution in [1.82, 2.24) is 0 Å². The molecule has 0 amide bonds. The molecule has 0 bridgehead atoms. The van der Waals surface area contributed by atoms with Crippen LogP contribution in [0.25, 0.3) is 0 Å². The molecule has 0 radical (unpaired) electrons. The molecule has 7 heteroatoms. The van der Waals surface area contributed by atoms with E-state index in [0.29, 0.717) is 0 Å². The van der Waals surface area contributed by atoms with Crippen LogP contribution in [0.1, 0.15) is 40.5 Å². The number of ether oxygens (including phenoxy) is 2. The highest BCUT2D eigenvalue weighted by molar-refractivity contribution is 6.30. The number of aliphatic hydroxyl groups is 1. The van der Waals surface area contributed by atoms with Crippen LogP contribution in [0.4, 0.5) is 0 Å². The molecule has 1 rings (SSSR count).